The summed E-state index contributed by atoms with van der Waals surface area (Å²) < 4.78 is 0. The topological polar surface area (TPSA) is 120 Å². The largest absolute Gasteiger partial charge is 3.00 e. The molecule has 0 rings (SSSR count). The van der Waals surface area contributed by atoms with Crippen LogP contribution in [0.15, 0.2) is 0 Å². The Hall–Kier alpha value is 0.241. The van der Waals surface area contributed by atoms with E-state index < -0.39 is 18.3 Å². The maximum absolute atomic E-state index is 9.53. The maximum atomic E-state index is 9.53. The van der Waals surface area contributed by atoms with E-state index in [9.17, 15) is 29.7 Å². The van der Waals surface area contributed by atoms with Crippen LogP contribution in [0.25, 0.3) is 0 Å². The molecule has 0 aliphatic heterocycles. The first-order valence-electron chi connectivity index (χ1n) is 4.15. The number of aldehydes is 3. The van der Waals surface area contributed by atoms with Crippen molar-refractivity contribution < 1.29 is 70.5 Å². The predicted octanol–water partition coefficient (Wildman–Crippen LogP) is -3.20. The quantitative estimate of drug-likeness (QED) is 0.487. The molecule has 3 atom stereocenters. The normalized spacial score (nSPS) is 13.1. The zero-order valence-electron chi connectivity index (χ0n) is 9.41. The molecule has 0 bridgehead atoms. The van der Waals surface area contributed by atoms with E-state index in [2.05, 4.69) is 0 Å². The summed E-state index contributed by atoms with van der Waals surface area (Å²) >= 11 is 0. The van der Waals surface area contributed by atoms with E-state index in [-0.39, 0.29) is 40.8 Å². The molecule has 3 unspecified atom stereocenters. The first-order valence-corrected chi connectivity index (χ1v) is 4.15. The van der Waals surface area contributed by atoms with Crippen molar-refractivity contribution in [3.05, 3.63) is 0 Å². The average Bonchev–Trinajstić information content (AvgIpc) is 2.19. The third kappa shape index (κ3) is 64.1. The van der Waals surface area contributed by atoms with Crippen molar-refractivity contribution in [3.8, 4) is 0 Å². The van der Waals surface area contributed by atoms with E-state index in [1.807, 2.05) is 0 Å². The van der Waals surface area contributed by atoms with E-state index in [4.69, 9.17) is 0 Å². The van der Waals surface area contributed by atoms with Gasteiger partial charge in [-0.2, -0.15) is 0 Å². The van der Waals surface area contributed by atoms with Crippen molar-refractivity contribution in [2.45, 2.75) is 39.1 Å². The summed E-state index contributed by atoms with van der Waals surface area (Å²) in [6, 6.07) is 0. The third-order valence-electron chi connectivity index (χ3n) is 0.575. The van der Waals surface area contributed by atoms with Crippen LogP contribution >= 0.6 is 0 Å². The Labute approximate surface area is 128 Å². The van der Waals surface area contributed by atoms with Crippen molar-refractivity contribution in [1.29, 1.82) is 0 Å². The number of carbonyl (C=O) groups excluding carboxylic acids is 3. The van der Waals surface area contributed by atoms with Crippen LogP contribution in [0, 0.1) is 40.8 Å². The molecule has 0 N–H and O–H groups in total. The fourth-order valence-electron chi connectivity index (χ4n) is 0. The Kier molecular flexibility index (Phi) is 32.5. The van der Waals surface area contributed by atoms with Crippen LogP contribution in [0.4, 0.5) is 0 Å². The van der Waals surface area contributed by atoms with Crippen molar-refractivity contribution in [2.24, 2.45) is 0 Å². The Morgan fingerprint density at radius 3 is 0.750 bits per heavy atom. The van der Waals surface area contributed by atoms with Crippen molar-refractivity contribution >= 4 is 18.9 Å². The predicted molar refractivity (Wildman–Crippen MR) is 46.6 cm³/mol. The molecule has 0 aliphatic rings. The van der Waals surface area contributed by atoms with Gasteiger partial charge in [0.25, 0.3) is 0 Å². The summed E-state index contributed by atoms with van der Waals surface area (Å²) in [6.45, 7) is 3.90. The summed E-state index contributed by atoms with van der Waals surface area (Å²) in [5, 5.41) is 28.6. The van der Waals surface area contributed by atoms with Gasteiger partial charge in [-0.15, -0.1) is 0 Å². The third-order valence-corrected chi connectivity index (χ3v) is 0.575. The van der Waals surface area contributed by atoms with Gasteiger partial charge >= 0.3 is 40.8 Å². The van der Waals surface area contributed by atoms with Gasteiger partial charge in [-0.25, -0.2) is 0 Å². The fraction of sp³-hybridized carbons (Fsp3) is 0.667. The Balaban J connectivity index is -0.0000000655. The minimum absolute atomic E-state index is 0. The fourth-order valence-corrected chi connectivity index (χ4v) is 0. The van der Waals surface area contributed by atoms with Crippen LogP contribution in [-0.4, -0.2) is 37.2 Å². The second-order valence-corrected chi connectivity index (χ2v) is 2.52. The molecule has 0 fully saturated rings. The number of hydrogen-bond acceptors (Lipinski definition) is 6. The van der Waals surface area contributed by atoms with Crippen LogP contribution in [0.5, 0.6) is 0 Å². The van der Waals surface area contributed by atoms with Gasteiger partial charge in [0.05, 0.1) is 0 Å². The summed E-state index contributed by atoms with van der Waals surface area (Å²) in [5.74, 6) is 0. The molecule has 1 radical (unpaired) electrons. The van der Waals surface area contributed by atoms with Crippen LogP contribution in [0.1, 0.15) is 20.8 Å². The van der Waals surface area contributed by atoms with Crippen molar-refractivity contribution in [3.63, 3.8) is 0 Å². The minimum Gasteiger partial charge on any atom is -0.847 e. The van der Waals surface area contributed by atoms with Crippen LogP contribution in [-0.2, 0) is 14.4 Å². The monoisotopic (exact) mass is 361 g/mol. The number of rotatable bonds is 3. The smallest absolute Gasteiger partial charge is 0.847 e. The zero-order chi connectivity index (χ0) is 12.9. The molecule has 0 aromatic rings. The summed E-state index contributed by atoms with van der Waals surface area (Å²) in [5.41, 5.74) is 0. The molecule has 6 nitrogen and oxygen atoms in total. The molecule has 7 heteroatoms. The molecule has 0 spiro atoms. The number of hydrogen-bond donors (Lipinski definition) is 0. The minimum atomic E-state index is -1.05. The van der Waals surface area contributed by atoms with Gasteiger partial charge in [-0.1, -0.05) is 39.1 Å². The molecule has 0 aromatic heterocycles. The molecule has 0 amide bonds. The van der Waals surface area contributed by atoms with E-state index in [0.717, 1.165) is 0 Å². The van der Waals surface area contributed by atoms with Gasteiger partial charge in [0.2, 0.25) is 0 Å². The van der Waals surface area contributed by atoms with E-state index >= 15 is 0 Å². The summed E-state index contributed by atoms with van der Waals surface area (Å²) in [4.78, 5) is 27.6. The Morgan fingerprint density at radius 1 is 0.688 bits per heavy atom. The summed E-state index contributed by atoms with van der Waals surface area (Å²) in [6.07, 6.45) is -2.06. The first kappa shape index (κ1) is 25.2. The summed E-state index contributed by atoms with van der Waals surface area (Å²) in [7, 11) is 0. The standard InChI is InChI=1S/3C3H5O2.Nd/c3*1-3(5)2-4;/h3*2-3H,1H3;/q3*-1;+3. The second-order valence-electron chi connectivity index (χ2n) is 2.52. The molecule has 0 aliphatic carbocycles. The molecular weight excluding hydrogens is 348 g/mol. The Morgan fingerprint density at radius 2 is 0.750 bits per heavy atom. The van der Waals surface area contributed by atoms with Crippen molar-refractivity contribution in [2.75, 3.05) is 0 Å². The van der Waals surface area contributed by atoms with Gasteiger partial charge in [0.15, 0.2) is 0 Å². The van der Waals surface area contributed by atoms with Crippen LogP contribution < -0.4 is 15.3 Å². The molecule has 91 valence electrons. The van der Waals surface area contributed by atoms with E-state index in [0.29, 0.717) is 18.9 Å². The Bertz CT molecular complexity index is 130. The molecule has 0 aromatic carbocycles. The average molecular weight is 363 g/mol. The van der Waals surface area contributed by atoms with Crippen LogP contribution in [0.3, 0.4) is 0 Å². The SMILES string of the molecule is CC([O-])C=O.CC([O-])C=O.CC([O-])C=O.[Nd+3]. The molecular formula is C9H15NdO6. The van der Waals surface area contributed by atoms with Gasteiger partial charge in [-0.05, 0) is 0 Å². The van der Waals surface area contributed by atoms with Crippen LogP contribution in [0.2, 0.25) is 0 Å². The van der Waals surface area contributed by atoms with Crippen molar-refractivity contribution in [1.82, 2.24) is 0 Å². The van der Waals surface area contributed by atoms with Gasteiger partial charge < -0.3 is 29.7 Å². The first-order chi connectivity index (χ1) is 6.81. The van der Waals surface area contributed by atoms with E-state index in [1.54, 1.807) is 0 Å². The molecule has 0 heterocycles. The molecule has 0 saturated carbocycles. The van der Waals surface area contributed by atoms with Gasteiger partial charge in [-0.3, -0.25) is 0 Å². The van der Waals surface area contributed by atoms with E-state index in [1.165, 1.54) is 20.8 Å². The molecule has 0 saturated heterocycles. The molecule has 16 heavy (non-hydrogen) atoms. The maximum Gasteiger partial charge on any atom is 3.00 e. The van der Waals surface area contributed by atoms with Gasteiger partial charge in [0, 0.05) is 0 Å². The zero-order valence-corrected chi connectivity index (χ0v) is 12.6. The second kappa shape index (κ2) is 20.6. The van der Waals surface area contributed by atoms with Gasteiger partial charge in [0.1, 0.15) is 18.9 Å². The number of carbonyl (C=O) groups is 3.